The van der Waals surface area contributed by atoms with Gasteiger partial charge in [-0.2, -0.15) is 5.26 Å². The standard InChI is InChI=1S/C15H13FN4/c1-9-13(3-2-6-18-9)19-15-10(8-17)4-5-14(20-15)11-7-12(11)16/h2-6,11-12H,7H2,1H3,(H,19,20)/t11-,12-/m1/s1. The van der Waals surface area contributed by atoms with Crippen LogP contribution in [0.3, 0.4) is 0 Å². The van der Waals surface area contributed by atoms with Gasteiger partial charge in [0.1, 0.15) is 18.1 Å². The van der Waals surface area contributed by atoms with Crippen molar-refractivity contribution in [3.05, 3.63) is 47.4 Å². The van der Waals surface area contributed by atoms with E-state index in [9.17, 15) is 4.39 Å². The third-order valence-corrected chi connectivity index (χ3v) is 3.39. The summed E-state index contributed by atoms with van der Waals surface area (Å²) in [6.45, 7) is 1.87. The third kappa shape index (κ3) is 2.32. The molecule has 2 heterocycles. The molecular weight excluding hydrogens is 255 g/mol. The van der Waals surface area contributed by atoms with Crippen LogP contribution in [0.1, 0.15) is 29.3 Å². The van der Waals surface area contributed by atoms with E-state index in [-0.39, 0.29) is 5.92 Å². The molecule has 1 N–H and O–H groups in total. The van der Waals surface area contributed by atoms with Gasteiger partial charge in [0.25, 0.3) is 0 Å². The lowest BCUT2D eigenvalue weighted by atomic mass is 10.2. The number of alkyl halides is 1. The Balaban J connectivity index is 1.95. The molecule has 20 heavy (non-hydrogen) atoms. The summed E-state index contributed by atoms with van der Waals surface area (Å²) in [5, 5.41) is 12.3. The number of pyridine rings is 2. The van der Waals surface area contributed by atoms with E-state index in [0.29, 0.717) is 23.5 Å². The highest BCUT2D eigenvalue weighted by molar-refractivity contribution is 5.64. The zero-order chi connectivity index (χ0) is 14.1. The molecule has 2 atom stereocenters. The van der Waals surface area contributed by atoms with Crippen molar-refractivity contribution < 1.29 is 4.39 Å². The van der Waals surface area contributed by atoms with E-state index in [1.807, 2.05) is 19.1 Å². The molecule has 1 aliphatic rings. The van der Waals surface area contributed by atoms with E-state index in [4.69, 9.17) is 5.26 Å². The van der Waals surface area contributed by atoms with Crippen molar-refractivity contribution in [1.82, 2.24) is 9.97 Å². The number of rotatable bonds is 3. The Morgan fingerprint density at radius 3 is 2.85 bits per heavy atom. The van der Waals surface area contributed by atoms with E-state index in [1.54, 1.807) is 18.3 Å². The maximum absolute atomic E-state index is 13.1. The lowest BCUT2D eigenvalue weighted by molar-refractivity contribution is 0.467. The van der Waals surface area contributed by atoms with Gasteiger partial charge in [0.05, 0.1) is 16.9 Å². The van der Waals surface area contributed by atoms with Crippen molar-refractivity contribution in [2.75, 3.05) is 5.32 Å². The molecule has 0 spiro atoms. The van der Waals surface area contributed by atoms with Gasteiger partial charge in [-0.25, -0.2) is 9.37 Å². The van der Waals surface area contributed by atoms with Crippen LogP contribution in [-0.4, -0.2) is 16.1 Å². The van der Waals surface area contributed by atoms with Crippen LogP contribution < -0.4 is 5.32 Å². The Hall–Kier alpha value is -2.48. The topological polar surface area (TPSA) is 61.6 Å². The minimum absolute atomic E-state index is 0.127. The molecule has 1 fully saturated rings. The first kappa shape index (κ1) is 12.5. The molecule has 0 radical (unpaired) electrons. The summed E-state index contributed by atoms with van der Waals surface area (Å²) in [5.74, 6) is 0.332. The average Bonchev–Trinajstić information content (AvgIpc) is 3.18. The molecule has 3 rings (SSSR count). The Morgan fingerprint density at radius 2 is 2.20 bits per heavy atom. The number of anilines is 2. The van der Waals surface area contributed by atoms with Crippen molar-refractivity contribution in [2.24, 2.45) is 0 Å². The Morgan fingerprint density at radius 1 is 1.40 bits per heavy atom. The molecule has 1 aliphatic carbocycles. The molecule has 1 saturated carbocycles. The maximum Gasteiger partial charge on any atom is 0.148 e. The van der Waals surface area contributed by atoms with Crippen molar-refractivity contribution in [3.8, 4) is 6.07 Å². The number of hydrogen-bond donors (Lipinski definition) is 1. The van der Waals surface area contributed by atoms with E-state index in [1.165, 1.54) is 0 Å². The first-order valence-corrected chi connectivity index (χ1v) is 6.43. The zero-order valence-corrected chi connectivity index (χ0v) is 11.0. The van der Waals surface area contributed by atoms with Crippen molar-refractivity contribution in [1.29, 1.82) is 5.26 Å². The number of halogens is 1. The smallest absolute Gasteiger partial charge is 0.148 e. The van der Waals surface area contributed by atoms with Crippen LogP contribution in [0.5, 0.6) is 0 Å². The Labute approximate surface area is 116 Å². The fraction of sp³-hybridized carbons (Fsp3) is 0.267. The number of aromatic nitrogens is 2. The van der Waals surface area contributed by atoms with Gasteiger partial charge in [-0.05, 0) is 37.6 Å². The van der Waals surface area contributed by atoms with Crippen LogP contribution in [0.4, 0.5) is 15.9 Å². The summed E-state index contributed by atoms with van der Waals surface area (Å²) in [7, 11) is 0. The van der Waals surface area contributed by atoms with Crippen LogP contribution >= 0.6 is 0 Å². The van der Waals surface area contributed by atoms with Gasteiger partial charge in [-0.15, -0.1) is 0 Å². The number of nitrogens with one attached hydrogen (secondary N) is 1. The Kier molecular flexibility index (Phi) is 3.07. The summed E-state index contributed by atoms with van der Waals surface area (Å²) in [6.07, 6.45) is 1.42. The lowest BCUT2D eigenvalue weighted by Gasteiger charge is -2.10. The summed E-state index contributed by atoms with van der Waals surface area (Å²) in [4.78, 5) is 8.57. The zero-order valence-electron chi connectivity index (χ0n) is 11.0. The highest BCUT2D eigenvalue weighted by Crippen LogP contribution is 2.43. The molecule has 0 aromatic carbocycles. The highest BCUT2D eigenvalue weighted by atomic mass is 19.1. The van der Waals surface area contributed by atoms with Crippen LogP contribution in [0.15, 0.2) is 30.5 Å². The van der Waals surface area contributed by atoms with Crippen molar-refractivity contribution >= 4 is 11.5 Å². The molecule has 0 aliphatic heterocycles. The van der Waals surface area contributed by atoms with Gasteiger partial charge in [-0.3, -0.25) is 4.98 Å². The lowest BCUT2D eigenvalue weighted by Crippen LogP contribution is -2.02. The summed E-state index contributed by atoms with van der Waals surface area (Å²) in [6, 6.07) is 9.18. The van der Waals surface area contributed by atoms with Crippen molar-refractivity contribution in [2.45, 2.75) is 25.4 Å². The van der Waals surface area contributed by atoms with Gasteiger partial charge in [0, 0.05) is 17.8 Å². The minimum atomic E-state index is -0.802. The van der Waals surface area contributed by atoms with Gasteiger partial charge in [0.15, 0.2) is 0 Å². The minimum Gasteiger partial charge on any atom is -0.338 e. The second-order valence-corrected chi connectivity index (χ2v) is 4.86. The van der Waals surface area contributed by atoms with E-state index < -0.39 is 6.17 Å². The van der Waals surface area contributed by atoms with E-state index >= 15 is 0 Å². The predicted octanol–water partition coefficient (Wildman–Crippen LogP) is 3.23. The first-order valence-electron chi connectivity index (χ1n) is 6.43. The molecule has 0 bridgehead atoms. The SMILES string of the molecule is Cc1ncccc1Nc1nc([C@@H]2C[C@H]2F)ccc1C#N. The van der Waals surface area contributed by atoms with Gasteiger partial charge >= 0.3 is 0 Å². The van der Waals surface area contributed by atoms with Crippen LogP contribution in [0, 0.1) is 18.3 Å². The second kappa shape index (κ2) is 4.89. The monoisotopic (exact) mass is 268 g/mol. The fourth-order valence-corrected chi connectivity index (χ4v) is 2.08. The van der Waals surface area contributed by atoms with Gasteiger partial charge < -0.3 is 5.32 Å². The molecule has 2 aromatic rings. The molecule has 5 heteroatoms. The molecular formula is C15H13FN4. The summed E-state index contributed by atoms with van der Waals surface area (Å²) >= 11 is 0. The Bertz CT molecular complexity index is 693. The second-order valence-electron chi connectivity index (χ2n) is 4.86. The van der Waals surface area contributed by atoms with Crippen molar-refractivity contribution in [3.63, 3.8) is 0 Å². The van der Waals surface area contributed by atoms with Crippen LogP contribution in [0.25, 0.3) is 0 Å². The van der Waals surface area contributed by atoms with Gasteiger partial charge in [-0.1, -0.05) is 0 Å². The third-order valence-electron chi connectivity index (χ3n) is 3.39. The molecule has 100 valence electrons. The fourth-order valence-electron chi connectivity index (χ4n) is 2.08. The molecule has 4 nitrogen and oxygen atoms in total. The van der Waals surface area contributed by atoms with E-state index in [2.05, 4.69) is 21.4 Å². The summed E-state index contributed by atoms with van der Waals surface area (Å²) in [5.41, 5.74) is 2.74. The van der Waals surface area contributed by atoms with Gasteiger partial charge in [0.2, 0.25) is 0 Å². The number of nitriles is 1. The number of aryl methyl sites for hydroxylation is 1. The summed E-state index contributed by atoms with van der Waals surface area (Å²) < 4.78 is 13.1. The van der Waals surface area contributed by atoms with E-state index in [0.717, 1.165) is 11.4 Å². The highest BCUT2D eigenvalue weighted by Gasteiger charge is 2.40. The number of hydrogen-bond acceptors (Lipinski definition) is 4. The quantitative estimate of drug-likeness (QED) is 0.928. The van der Waals surface area contributed by atoms with Crippen LogP contribution in [-0.2, 0) is 0 Å². The first-order chi connectivity index (χ1) is 9.69. The normalized spacial score (nSPS) is 20.2. The predicted molar refractivity (Wildman–Crippen MR) is 73.5 cm³/mol. The largest absolute Gasteiger partial charge is 0.338 e. The van der Waals surface area contributed by atoms with Crippen LogP contribution in [0.2, 0.25) is 0 Å². The molecule has 0 amide bonds. The molecule has 0 unspecified atom stereocenters. The average molecular weight is 268 g/mol. The number of nitrogens with zero attached hydrogens (tertiary/aromatic N) is 3. The molecule has 0 saturated heterocycles. The molecule has 2 aromatic heterocycles. The maximum atomic E-state index is 13.1.